The topological polar surface area (TPSA) is 72.3 Å². The molecular weight excluding hydrogens is 502 g/mol. The predicted molar refractivity (Wildman–Crippen MR) is 147 cm³/mol. The molecule has 0 N–H and O–H groups in total. The van der Waals surface area contributed by atoms with Gasteiger partial charge in [0.2, 0.25) is 17.7 Å². The zero-order valence-corrected chi connectivity index (χ0v) is 22.6. The fraction of sp³-hybridized carbons (Fsp3) is 0.517. The minimum atomic E-state index is -0.152. The lowest BCUT2D eigenvalue weighted by Gasteiger charge is -2.19. The van der Waals surface area contributed by atoms with Crippen LogP contribution in [0.1, 0.15) is 78.7 Å². The first-order valence-corrected chi connectivity index (χ1v) is 15.6. The summed E-state index contributed by atoms with van der Waals surface area (Å²) in [6.07, 6.45) is 12.7. The van der Waals surface area contributed by atoms with Gasteiger partial charge in [0.15, 0.2) is 4.34 Å². The predicted octanol–water partition coefficient (Wildman–Crippen LogP) is 5.97. The second-order valence-electron chi connectivity index (χ2n) is 10.9. The number of aromatic nitrogens is 2. The Labute approximate surface area is 224 Å². The number of imide groups is 1. The van der Waals surface area contributed by atoms with E-state index in [-0.39, 0.29) is 29.6 Å². The number of carbonyl (C=O) groups excluding carboxylic acids is 3. The molecule has 1 aliphatic heterocycles. The van der Waals surface area contributed by atoms with E-state index in [1.807, 2.05) is 18.2 Å². The van der Waals surface area contributed by atoms with Crippen LogP contribution in [0.3, 0.4) is 0 Å². The number of carbonyl (C=O) groups is 3. The van der Waals surface area contributed by atoms with Gasteiger partial charge in [-0.15, -0.1) is 11.3 Å². The molecule has 1 aromatic carbocycles. The Balaban J connectivity index is 1.11. The fourth-order valence-corrected chi connectivity index (χ4v) is 9.03. The van der Waals surface area contributed by atoms with Crippen LogP contribution in [0.2, 0.25) is 0 Å². The van der Waals surface area contributed by atoms with Crippen LogP contribution in [0.5, 0.6) is 0 Å². The van der Waals surface area contributed by atoms with Gasteiger partial charge in [0, 0.05) is 11.4 Å². The number of benzene rings is 1. The second-order valence-corrected chi connectivity index (χ2v) is 13.2. The number of thiazole rings is 1. The molecule has 2 fully saturated rings. The van der Waals surface area contributed by atoms with E-state index in [4.69, 9.17) is 4.98 Å². The minimum absolute atomic E-state index is 0.0443. The van der Waals surface area contributed by atoms with E-state index in [2.05, 4.69) is 4.57 Å². The van der Waals surface area contributed by atoms with Gasteiger partial charge < -0.3 is 0 Å². The molecule has 0 unspecified atom stereocenters. The summed E-state index contributed by atoms with van der Waals surface area (Å²) in [6.45, 7) is 0. The number of hydrogen-bond donors (Lipinski definition) is 0. The van der Waals surface area contributed by atoms with Crippen LogP contribution < -0.4 is 4.90 Å². The molecule has 37 heavy (non-hydrogen) atoms. The Morgan fingerprint density at radius 1 is 0.892 bits per heavy atom. The normalized spacial score (nSPS) is 23.3. The molecule has 0 spiro atoms. The Bertz CT molecular complexity index is 1380. The molecule has 0 radical (unpaired) electrons. The summed E-state index contributed by atoms with van der Waals surface area (Å²) < 4.78 is 3.87. The van der Waals surface area contributed by atoms with E-state index in [1.54, 1.807) is 0 Å². The highest BCUT2D eigenvalue weighted by Crippen LogP contribution is 2.41. The molecule has 7 rings (SSSR count). The van der Waals surface area contributed by atoms with Crippen LogP contribution in [-0.2, 0) is 35.3 Å². The zero-order valence-electron chi connectivity index (χ0n) is 21.0. The largest absolute Gasteiger partial charge is 0.287 e. The number of anilines is 1. The summed E-state index contributed by atoms with van der Waals surface area (Å²) in [4.78, 5) is 45.7. The average molecular weight is 534 g/mol. The van der Waals surface area contributed by atoms with Gasteiger partial charge in [-0.2, -0.15) is 0 Å². The van der Waals surface area contributed by atoms with Crippen LogP contribution in [0, 0.1) is 11.8 Å². The standard InChI is InChI=1S/C29H31N3O3S2/c33-26(32-23-11-5-3-7-18(23)19-8-4-6-12-24(19)32)16-36-29-30-22-14-13-17(15-25(22)37-29)31-27(34)20-9-1-2-10-21(20)28(31)35/h13-15,20-21H,1-12,16H2/t20-,21+. The van der Waals surface area contributed by atoms with Gasteiger partial charge in [0.25, 0.3) is 0 Å². The maximum atomic E-state index is 13.5. The monoisotopic (exact) mass is 533 g/mol. The van der Waals surface area contributed by atoms with Gasteiger partial charge in [0.1, 0.15) is 0 Å². The lowest BCUT2D eigenvalue weighted by molar-refractivity contribution is -0.122. The van der Waals surface area contributed by atoms with Crippen molar-refractivity contribution in [2.75, 3.05) is 10.7 Å². The van der Waals surface area contributed by atoms with E-state index in [1.165, 1.54) is 76.2 Å². The highest BCUT2D eigenvalue weighted by Gasteiger charge is 2.48. The molecule has 3 heterocycles. The van der Waals surface area contributed by atoms with Gasteiger partial charge in [-0.1, -0.05) is 24.6 Å². The highest BCUT2D eigenvalue weighted by molar-refractivity contribution is 8.01. The van der Waals surface area contributed by atoms with Gasteiger partial charge >= 0.3 is 0 Å². The van der Waals surface area contributed by atoms with Gasteiger partial charge in [-0.3, -0.25) is 23.9 Å². The Morgan fingerprint density at radius 3 is 2.16 bits per heavy atom. The first-order chi connectivity index (χ1) is 18.1. The first-order valence-electron chi connectivity index (χ1n) is 13.8. The SMILES string of the molecule is O=C1[C@H]2CCCC[C@H]2C(=O)N1c1ccc2nc(SCC(=O)n3c4c(c5c3CCCC5)CCCC4)sc2c1. The molecule has 8 heteroatoms. The first kappa shape index (κ1) is 23.7. The maximum Gasteiger partial charge on any atom is 0.241 e. The third-order valence-corrected chi connectivity index (χ3v) is 10.9. The lowest BCUT2D eigenvalue weighted by atomic mass is 9.81. The number of rotatable bonds is 4. The van der Waals surface area contributed by atoms with Crippen molar-refractivity contribution in [1.82, 2.24) is 9.55 Å². The Morgan fingerprint density at radius 2 is 1.51 bits per heavy atom. The average Bonchev–Trinajstić information content (AvgIpc) is 3.57. The van der Waals surface area contributed by atoms with Crippen molar-refractivity contribution in [3.05, 3.63) is 40.7 Å². The smallest absolute Gasteiger partial charge is 0.241 e. The molecule has 3 aliphatic carbocycles. The van der Waals surface area contributed by atoms with E-state index in [0.29, 0.717) is 11.4 Å². The summed E-state index contributed by atoms with van der Waals surface area (Å²) >= 11 is 3.03. The van der Waals surface area contributed by atoms with E-state index in [0.717, 1.165) is 65.9 Å². The number of thioether (sulfide) groups is 1. The lowest BCUT2D eigenvalue weighted by Crippen LogP contribution is -2.30. The number of nitrogens with zero attached hydrogens (tertiary/aromatic N) is 3. The van der Waals surface area contributed by atoms with Crippen molar-refractivity contribution in [1.29, 1.82) is 0 Å². The molecule has 2 amide bonds. The third-order valence-electron chi connectivity index (χ3n) is 8.80. The van der Waals surface area contributed by atoms with Gasteiger partial charge in [-0.05, 0) is 93.5 Å². The van der Waals surface area contributed by atoms with E-state index in [9.17, 15) is 14.4 Å². The summed E-state index contributed by atoms with van der Waals surface area (Å²) in [5.74, 6) is 0.144. The minimum Gasteiger partial charge on any atom is -0.287 e. The van der Waals surface area contributed by atoms with Crippen LogP contribution in [0.25, 0.3) is 10.2 Å². The Kier molecular flexibility index (Phi) is 6.00. The summed E-state index contributed by atoms with van der Waals surface area (Å²) in [5, 5.41) is 0. The molecule has 1 saturated heterocycles. The van der Waals surface area contributed by atoms with Crippen LogP contribution in [0.15, 0.2) is 22.5 Å². The summed E-state index contributed by atoms with van der Waals surface area (Å²) in [5.41, 5.74) is 6.99. The molecule has 4 aliphatic rings. The molecule has 1 saturated carbocycles. The van der Waals surface area contributed by atoms with Crippen LogP contribution >= 0.6 is 23.1 Å². The second kappa shape index (κ2) is 9.38. The molecule has 2 atom stereocenters. The van der Waals surface area contributed by atoms with Crippen molar-refractivity contribution >= 4 is 56.7 Å². The zero-order chi connectivity index (χ0) is 25.1. The molecular formula is C29H31N3O3S2. The van der Waals surface area contributed by atoms with Crippen molar-refractivity contribution < 1.29 is 14.4 Å². The number of amides is 2. The molecule has 192 valence electrons. The number of fused-ring (bicyclic) bond motifs is 5. The van der Waals surface area contributed by atoms with Crippen molar-refractivity contribution in [3.8, 4) is 0 Å². The molecule has 2 aromatic heterocycles. The third kappa shape index (κ3) is 3.90. The van der Waals surface area contributed by atoms with Gasteiger partial charge in [0.05, 0.1) is 33.5 Å². The molecule has 3 aromatic rings. The molecule has 6 nitrogen and oxygen atoms in total. The van der Waals surface area contributed by atoms with Crippen molar-refractivity contribution in [2.45, 2.75) is 81.4 Å². The van der Waals surface area contributed by atoms with Crippen molar-refractivity contribution in [2.24, 2.45) is 11.8 Å². The van der Waals surface area contributed by atoms with E-state index < -0.39 is 0 Å². The van der Waals surface area contributed by atoms with Crippen LogP contribution in [-0.4, -0.2) is 33.0 Å². The summed E-state index contributed by atoms with van der Waals surface area (Å²) in [7, 11) is 0. The quantitative estimate of drug-likeness (QED) is 0.305. The molecule has 0 bridgehead atoms. The maximum absolute atomic E-state index is 13.5. The Hall–Kier alpha value is -2.45. The van der Waals surface area contributed by atoms with Crippen LogP contribution in [0.4, 0.5) is 5.69 Å². The number of hydrogen-bond acceptors (Lipinski definition) is 6. The van der Waals surface area contributed by atoms with Gasteiger partial charge in [-0.25, -0.2) is 4.98 Å². The fourth-order valence-electron chi connectivity index (χ4n) is 7.08. The van der Waals surface area contributed by atoms with E-state index >= 15 is 0 Å². The van der Waals surface area contributed by atoms with Crippen molar-refractivity contribution in [3.63, 3.8) is 0 Å². The summed E-state index contributed by atoms with van der Waals surface area (Å²) in [6, 6.07) is 5.66. The highest BCUT2D eigenvalue weighted by atomic mass is 32.2.